The van der Waals surface area contributed by atoms with Gasteiger partial charge in [0.05, 0.1) is 7.11 Å². The number of hydrogen-bond donors (Lipinski definition) is 1. The summed E-state index contributed by atoms with van der Waals surface area (Å²) in [7, 11) is 1.30. The highest BCUT2D eigenvalue weighted by Gasteiger charge is 2.17. The summed E-state index contributed by atoms with van der Waals surface area (Å²) >= 11 is 0. The first kappa shape index (κ1) is 14.0. The Kier molecular flexibility index (Phi) is 5.64. The molecule has 96 valence electrons. The van der Waals surface area contributed by atoms with E-state index in [-0.39, 0.29) is 5.91 Å². The minimum atomic E-state index is -0.632. The van der Waals surface area contributed by atoms with Crippen molar-refractivity contribution in [3.8, 4) is 0 Å². The smallest absolute Gasteiger partial charge is 0.328 e. The summed E-state index contributed by atoms with van der Waals surface area (Å²) in [5, 5.41) is 2.55. The number of amides is 1. The van der Waals surface area contributed by atoms with Gasteiger partial charge in [0.1, 0.15) is 6.04 Å². The van der Waals surface area contributed by atoms with Crippen molar-refractivity contribution < 1.29 is 14.3 Å². The number of rotatable bonds is 5. The van der Waals surface area contributed by atoms with Gasteiger partial charge in [0.2, 0.25) is 5.91 Å². The lowest BCUT2D eigenvalue weighted by Crippen LogP contribution is -2.39. The van der Waals surface area contributed by atoms with Crippen LogP contribution >= 0.6 is 0 Å². The van der Waals surface area contributed by atoms with Gasteiger partial charge in [0, 0.05) is 6.92 Å². The van der Waals surface area contributed by atoms with E-state index in [1.165, 1.54) is 14.0 Å². The first-order chi connectivity index (χ1) is 8.63. The molecule has 1 N–H and O–H groups in total. The Labute approximate surface area is 107 Å². The van der Waals surface area contributed by atoms with Gasteiger partial charge in [-0.15, -0.1) is 0 Å². The summed E-state index contributed by atoms with van der Waals surface area (Å²) in [6, 6.07) is 9.10. The van der Waals surface area contributed by atoms with Crippen LogP contribution in [0.5, 0.6) is 0 Å². The number of benzene rings is 1. The predicted octanol–water partition coefficient (Wildman–Crippen LogP) is 1.77. The molecule has 1 unspecified atom stereocenters. The molecule has 4 nitrogen and oxygen atoms in total. The van der Waals surface area contributed by atoms with Crippen LogP contribution in [-0.2, 0) is 14.3 Å². The van der Waals surface area contributed by atoms with Crippen LogP contribution in [0.15, 0.2) is 36.4 Å². The zero-order valence-electron chi connectivity index (χ0n) is 10.6. The molecule has 1 aromatic carbocycles. The van der Waals surface area contributed by atoms with Crippen molar-refractivity contribution in [2.75, 3.05) is 7.11 Å². The molecule has 0 aromatic heterocycles. The third-order valence-electron chi connectivity index (χ3n) is 2.34. The van der Waals surface area contributed by atoms with Crippen LogP contribution in [0.1, 0.15) is 18.9 Å². The summed E-state index contributed by atoms with van der Waals surface area (Å²) in [5.41, 5.74) is 1.05. The van der Waals surface area contributed by atoms with E-state index in [0.717, 1.165) is 5.56 Å². The van der Waals surface area contributed by atoms with E-state index in [1.54, 1.807) is 0 Å². The number of ether oxygens (including phenoxy) is 1. The Balaban J connectivity index is 2.59. The average molecular weight is 247 g/mol. The second kappa shape index (κ2) is 7.27. The maximum Gasteiger partial charge on any atom is 0.328 e. The molecular weight excluding hydrogens is 230 g/mol. The summed E-state index contributed by atoms with van der Waals surface area (Å²) in [4.78, 5) is 22.4. The highest BCUT2D eigenvalue weighted by molar-refractivity contribution is 5.83. The van der Waals surface area contributed by atoms with Crippen molar-refractivity contribution in [1.29, 1.82) is 0 Å². The van der Waals surface area contributed by atoms with Gasteiger partial charge in [-0.1, -0.05) is 42.5 Å². The van der Waals surface area contributed by atoms with Crippen molar-refractivity contribution in [3.05, 3.63) is 42.0 Å². The third-order valence-corrected chi connectivity index (χ3v) is 2.34. The third kappa shape index (κ3) is 4.82. The fourth-order valence-electron chi connectivity index (χ4n) is 1.51. The molecule has 0 heterocycles. The first-order valence-electron chi connectivity index (χ1n) is 5.70. The number of esters is 1. The minimum Gasteiger partial charge on any atom is -0.467 e. The van der Waals surface area contributed by atoms with Gasteiger partial charge in [0.25, 0.3) is 0 Å². The highest BCUT2D eigenvalue weighted by Crippen LogP contribution is 2.04. The highest BCUT2D eigenvalue weighted by atomic mass is 16.5. The van der Waals surface area contributed by atoms with Crippen LogP contribution in [0.3, 0.4) is 0 Å². The Morgan fingerprint density at radius 2 is 2.00 bits per heavy atom. The van der Waals surface area contributed by atoms with Gasteiger partial charge in [-0.3, -0.25) is 4.79 Å². The zero-order valence-corrected chi connectivity index (χ0v) is 10.6. The first-order valence-corrected chi connectivity index (χ1v) is 5.70. The standard InChI is InChI=1S/C14H17NO3/c1-11(16)15-13(14(17)18-2)10-6-9-12-7-4-3-5-8-12/h3-9,13H,10H2,1-2H3,(H,15,16)/b9-6+. The van der Waals surface area contributed by atoms with E-state index >= 15 is 0 Å². The second-order valence-electron chi connectivity index (χ2n) is 3.83. The lowest BCUT2D eigenvalue weighted by molar-refractivity contribution is -0.144. The number of methoxy groups -OCH3 is 1. The molecule has 4 heteroatoms. The molecule has 0 aliphatic carbocycles. The van der Waals surface area contributed by atoms with Crippen molar-refractivity contribution in [2.24, 2.45) is 0 Å². The van der Waals surface area contributed by atoms with Crippen molar-refractivity contribution in [2.45, 2.75) is 19.4 Å². The summed E-state index contributed by atoms with van der Waals surface area (Å²) in [5.74, 6) is -0.693. The summed E-state index contributed by atoms with van der Waals surface area (Å²) in [6.07, 6.45) is 4.14. The molecule has 1 amide bonds. The van der Waals surface area contributed by atoms with Crippen LogP contribution in [0.4, 0.5) is 0 Å². The molecule has 0 aliphatic heterocycles. The molecule has 0 fully saturated rings. The molecule has 1 atom stereocenters. The quantitative estimate of drug-likeness (QED) is 0.807. The van der Waals surface area contributed by atoms with Crippen LogP contribution in [0, 0.1) is 0 Å². The van der Waals surface area contributed by atoms with E-state index in [0.29, 0.717) is 6.42 Å². The van der Waals surface area contributed by atoms with E-state index in [2.05, 4.69) is 10.1 Å². The van der Waals surface area contributed by atoms with E-state index < -0.39 is 12.0 Å². The lowest BCUT2D eigenvalue weighted by atomic mass is 10.1. The minimum absolute atomic E-state index is 0.251. The van der Waals surface area contributed by atoms with Crippen molar-refractivity contribution in [1.82, 2.24) is 5.32 Å². The maximum atomic E-state index is 11.4. The Morgan fingerprint density at radius 3 is 2.56 bits per heavy atom. The SMILES string of the molecule is COC(=O)C(C/C=C/c1ccccc1)NC(C)=O. The van der Waals surface area contributed by atoms with Gasteiger partial charge in [0.15, 0.2) is 0 Å². The van der Waals surface area contributed by atoms with E-state index in [4.69, 9.17) is 0 Å². The van der Waals surface area contributed by atoms with Crippen molar-refractivity contribution >= 4 is 18.0 Å². The molecule has 1 rings (SSSR count). The van der Waals surface area contributed by atoms with Gasteiger partial charge in [-0.05, 0) is 12.0 Å². The molecule has 0 saturated carbocycles. The fraction of sp³-hybridized carbons (Fsp3) is 0.286. The van der Waals surface area contributed by atoms with Gasteiger partial charge in [-0.25, -0.2) is 4.79 Å². The number of carbonyl (C=O) groups excluding carboxylic acids is 2. The van der Waals surface area contributed by atoms with Crippen LogP contribution < -0.4 is 5.32 Å². The number of hydrogen-bond acceptors (Lipinski definition) is 3. The topological polar surface area (TPSA) is 55.4 Å². The molecule has 0 aliphatic rings. The monoisotopic (exact) mass is 247 g/mol. The Hall–Kier alpha value is -2.10. The largest absolute Gasteiger partial charge is 0.467 e. The average Bonchev–Trinajstić information content (AvgIpc) is 2.37. The summed E-state index contributed by atoms with van der Waals surface area (Å²) in [6.45, 7) is 1.37. The molecule has 0 bridgehead atoms. The Morgan fingerprint density at radius 1 is 1.33 bits per heavy atom. The van der Waals surface area contributed by atoms with E-state index in [9.17, 15) is 9.59 Å². The molecular formula is C14H17NO3. The van der Waals surface area contributed by atoms with E-state index in [1.807, 2.05) is 42.5 Å². The normalized spacial score (nSPS) is 12.1. The van der Waals surface area contributed by atoms with Crippen LogP contribution in [-0.4, -0.2) is 25.0 Å². The Bertz CT molecular complexity index is 426. The number of carbonyl (C=O) groups is 2. The zero-order chi connectivity index (χ0) is 13.4. The maximum absolute atomic E-state index is 11.4. The van der Waals surface area contributed by atoms with Crippen LogP contribution in [0.2, 0.25) is 0 Å². The molecule has 1 aromatic rings. The van der Waals surface area contributed by atoms with Crippen LogP contribution in [0.25, 0.3) is 6.08 Å². The summed E-state index contributed by atoms with van der Waals surface area (Å²) < 4.78 is 4.63. The molecule has 0 saturated heterocycles. The predicted molar refractivity (Wildman–Crippen MR) is 69.7 cm³/mol. The molecule has 0 radical (unpaired) electrons. The lowest BCUT2D eigenvalue weighted by Gasteiger charge is -2.12. The number of nitrogens with one attached hydrogen (secondary N) is 1. The molecule has 0 spiro atoms. The van der Waals surface area contributed by atoms with Gasteiger partial charge >= 0.3 is 5.97 Å². The van der Waals surface area contributed by atoms with Gasteiger partial charge < -0.3 is 10.1 Å². The van der Waals surface area contributed by atoms with Crippen molar-refractivity contribution in [3.63, 3.8) is 0 Å². The fourth-order valence-corrected chi connectivity index (χ4v) is 1.51. The van der Waals surface area contributed by atoms with Gasteiger partial charge in [-0.2, -0.15) is 0 Å². The second-order valence-corrected chi connectivity index (χ2v) is 3.83. The molecule has 18 heavy (non-hydrogen) atoms.